The standard InChI is InChI=1S/C13H14O4/c1-16-12(14)10-4-2-9(3-5-10)8-11-6-7-17-13(11)15/h2-5,11H,6-8H2,1H3. The monoisotopic (exact) mass is 234 g/mol. The van der Waals surface area contributed by atoms with E-state index in [9.17, 15) is 9.59 Å². The molecule has 1 heterocycles. The summed E-state index contributed by atoms with van der Waals surface area (Å²) in [5, 5.41) is 0. The minimum Gasteiger partial charge on any atom is -0.465 e. The third-order valence-corrected chi connectivity index (χ3v) is 2.90. The molecule has 4 heteroatoms. The Kier molecular flexibility index (Phi) is 3.42. The Morgan fingerprint density at radius 3 is 2.65 bits per heavy atom. The summed E-state index contributed by atoms with van der Waals surface area (Å²) in [4.78, 5) is 22.5. The summed E-state index contributed by atoms with van der Waals surface area (Å²) in [5.74, 6) is -0.516. The van der Waals surface area contributed by atoms with E-state index >= 15 is 0 Å². The van der Waals surface area contributed by atoms with Crippen LogP contribution >= 0.6 is 0 Å². The van der Waals surface area contributed by atoms with Gasteiger partial charge in [-0.15, -0.1) is 0 Å². The molecule has 0 aromatic heterocycles. The van der Waals surface area contributed by atoms with Gasteiger partial charge < -0.3 is 9.47 Å². The number of esters is 2. The highest BCUT2D eigenvalue weighted by Gasteiger charge is 2.26. The molecule has 1 aliphatic heterocycles. The van der Waals surface area contributed by atoms with Crippen LogP contribution in [0.25, 0.3) is 0 Å². The molecule has 1 aromatic rings. The first kappa shape index (κ1) is 11.6. The van der Waals surface area contributed by atoms with Gasteiger partial charge >= 0.3 is 11.9 Å². The highest BCUT2D eigenvalue weighted by Crippen LogP contribution is 2.20. The SMILES string of the molecule is COC(=O)c1ccc(CC2CCOC2=O)cc1. The number of ether oxygens (including phenoxy) is 2. The zero-order valence-corrected chi connectivity index (χ0v) is 9.64. The van der Waals surface area contributed by atoms with Gasteiger partial charge in [-0.25, -0.2) is 4.79 Å². The van der Waals surface area contributed by atoms with Crippen LogP contribution in [0.5, 0.6) is 0 Å². The number of cyclic esters (lactones) is 1. The molecular formula is C13H14O4. The van der Waals surface area contributed by atoms with Gasteiger partial charge in [-0.3, -0.25) is 4.79 Å². The second kappa shape index (κ2) is 4.99. The van der Waals surface area contributed by atoms with Gasteiger partial charge in [0.2, 0.25) is 0 Å². The van der Waals surface area contributed by atoms with Crippen LogP contribution in [0.4, 0.5) is 0 Å². The zero-order valence-electron chi connectivity index (χ0n) is 9.64. The predicted molar refractivity (Wildman–Crippen MR) is 60.6 cm³/mol. The molecule has 0 bridgehead atoms. The predicted octanol–water partition coefficient (Wildman–Crippen LogP) is 1.58. The third kappa shape index (κ3) is 2.64. The van der Waals surface area contributed by atoms with E-state index in [0.717, 1.165) is 12.0 Å². The Labute approximate surface area is 99.5 Å². The van der Waals surface area contributed by atoms with Crippen molar-refractivity contribution < 1.29 is 19.1 Å². The lowest BCUT2D eigenvalue weighted by Crippen LogP contribution is -2.10. The quantitative estimate of drug-likeness (QED) is 0.745. The first-order valence-corrected chi connectivity index (χ1v) is 5.54. The van der Waals surface area contributed by atoms with E-state index < -0.39 is 0 Å². The van der Waals surface area contributed by atoms with Gasteiger partial charge in [0.15, 0.2) is 0 Å². The van der Waals surface area contributed by atoms with Crippen molar-refractivity contribution in [3.8, 4) is 0 Å². The van der Waals surface area contributed by atoms with Crippen LogP contribution in [0.2, 0.25) is 0 Å². The van der Waals surface area contributed by atoms with E-state index in [0.29, 0.717) is 18.6 Å². The minimum atomic E-state index is -0.350. The van der Waals surface area contributed by atoms with Gasteiger partial charge in [0, 0.05) is 0 Å². The lowest BCUT2D eigenvalue weighted by molar-refractivity contribution is -0.141. The number of rotatable bonds is 3. The molecule has 4 nitrogen and oxygen atoms in total. The summed E-state index contributed by atoms with van der Waals surface area (Å²) in [7, 11) is 1.35. The van der Waals surface area contributed by atoms with Gasteiger partial charge in [-0.2, -0.15) is 0 Å². The highest BCUT2D eigenvalue weighted by molar-refractivity contribution is 5.89. The molecule has 0 amide bonds. The average Bonchev–Trinajstić information content (AvgIpc) is 2.75. The first-order valence-electron chi connectivity index (χ1n) is 5.54. The fraction of sp³-hybridized carbons (Fsp3) is 0.385. The fourth-order valence-electron chi connectivity index (χ4n) is 1.90. The molecule has 0 saturated carbocycles. The van der Waals surface area contributed by atoms with Crippen molar-refractivity contribution in [1.29, 1.82) is 0 Å². The largest absolute Gasteiger partial charge is 0.465 e. The molecule has 0 aliphatic carbocycles. The zero-order chi connectivity index (χ0) is 12.3. The molecule has 17 heavy (non-hydrogen) atoms. The van der Waals surface area contributed by atoms with Crippen molar-refractivity contribution >= 4 is 11.9 Å². The van der Waals surface area contributed by atoms with E-state index in [1.807, 2.05) is 12.1 Å². The molecule has 1 atom stereocenters. The second-order valence-corrected chi connectivity index (χ2v) is 4.05. The van der Waals surface area contributed by atoms with E-state index in [2.05, 4.69) is 4.74 Å². The lowest BCUT2D eigenvalue weighted by Gasteiger charge is -2.06. The van der Waals surface area contributed by atoms with Gasteiger partial charge in [0.25, 0.3) is 0 Å². The normalized spacial score (nSPS) is 18.9. The minimum absolute atomic E-state index is 0.0426. The number of methoxy groups -OCH3 is 1. The van der Waals surface area contributed by atoms with Crippen molar-refractivity contribution in [2.75, 3.05) is 13.7 Å². The van der Waals surface area contributed by atoms with Gasteiger partial charge in [-0.1, -0.05) is 12.1 Å². The molecule has 1 aliphatic rings. The van der Waals surface area contributed by atoms with Crippen molar-refractivity contribution in [3.63, 3.8) is 0 Å². The molecule has 1 saturated heterocycles. The molecule has 2 rings (SSSR count). The molecule has 1 unspecified atom stereocenters. The maximum absolute atomic E-state index is 11.3. The first-order chi connectivity index (χ1) is 8.20. The third-order valence-electron chi connectivity index (χ3n) is 2.90. The van der Waals surface area contributed by atoms with Crippen molar-refractivity contribution in [1.82, 2.24) is 0 Å². The molecule has 0 radical (unpaired) electrons. The summed E-state index contributed by atoms with van der Waals surface area (Å²) in [6.45, 7) is 0.518. The molecule has 0 spiro atoms. The second-order valence-electron chi connectivity index (χ2n) is 4.05. The van der Waals surface area contributed by atoms with Crippen LogP contribution in [0.3, 0.4) is 0 Å². The van der Waals surface area contributed by atoms with Gasteiger partial charge in [0.05, 0.1) is 25.2 Å². The Bertz CT molecular complexity index is 422. The summed E-state index contributed by atoms with van der Waals surface area (Å²) >= 11 is 0. The maximum Gasteiger partial charge on any atom is 0.337 e. The number of carbonyl (C=O) groups excluding carboxylic acids is 2. The lowest BCUT2D eigenvalue weighted by atomic mass is 9.97. The van der Waals surface area contributed by atoms with Crippen LogP contribution < -0.4 is 0 Å². The van der Waals surface area contributed by atoms with E-state index in [4.69, 9.17) is 4.74 Å². The van der Waals surface area contributed by atoms with E-state index in [1.54, 1.807) is 12.1 Å². The Morgan fingerprint density at radius 1 is 1.41 bits per heavy atom. The Hall–Kier alpha value is -1.84. The number of hydrogen-bond acceptors (Lipinski definition) is 4. The number of hydrogen-bond donors (Lipinski definition) is 0. The summed E-state index contributed by atoms with van der Waals surface area (Å²) in [5.41, 5.74) is 1.55. The maximum atomic E-state index is 11.3. The average molecular weight is 234 g/mol. The summed E-state index contributed by atoms with van der Waals surface area (Å²) < 4.78 is 9.52. The molecule has 1 fully saturated rings. The topological polar surface area (TPSA) is 52.6 Å². The summed E-state index contributed by atoms with van der Waals surface area (Å²) in [6, 6.07) is 7.11. The van der Waals surface area contributed by atoms with Crippen molar-refractivity contribution in [2.45, 2.75) is 12.8 Å². The smallest absolute Gasteiger partial charge is 0.337 e. The molecule has 0 N–H and O–H groups in total. The van der Waals surface area contributed by atoms with Crippen LogP contribution in [0, 0.1) is 5.92 Å². The van der Waals surface area contributed by atoms with Gasteiger partial charge in [0.1, 0.15) is 0 Å². The summed E-state index contributed by atoms with van der Waals surface area (Å²) in [6.07, 6.45) is 1.44. The van der Waals surface area contributed by atoms with Crippen molar-refractivity contribution in [3.05, 3.63) is 35.4 Å². The number of carbonyl (C=O) groups is 2. The van der Waals surface area contributed by atoms with Crippen molar-refractivity contribution in [2.24, 2.45) is 5.92 Å². The molecule has 90 valence electrons. The van der Waals surface area contributed by atoms with E-state index in [-0.39, 0.29) is 17.9 Å². The Balaban J connectivity index is 2.03. The Morgan fingerprint density at radius 2 is 2.12 bits per heavy atom. The number of benzene rings is 1. The molecule has 1 aromatic carbocycles. The fourth-order valence-corrected chi connectivity index (χ4v) is 1.90. The molecular weight excluding hydrogens is 220 g/mol. The van der Waals surface area contributed by atoms with Crippen LogP contribution in [-0.2, 0) is 20.7 Å². The van der Waals surface area contributed by atoms with E-state index in [1.165, 1.54) is 7.11 Å². The van der Waals surface area contributed by atoms with Crippen LogP contribution in [0.1, 0.15) is 22.3 Å². The highest BCUT2D eigenvalue weighted by atomic mass is 16.5. The van der Waals surface area contributed by atoms with Crippen LogP contribution in [0.15, 0.2) is 24.3 Å². The van der Waals surface area contributed by atoms with Gasteiger partial charge in [-0.05, 0) is 30.5 Å². The van der Waals surface area contributed by atoms with Crippen LogP contribution in [-0.4, -0.2) is 25.7 Å².